The van der Waals surface area contributed by atoms with Gasteiger partial charge < -0.3 is 5.73 Å². The van der Waals surface area contributed by atoms with Crippen molar-refractivity contribution in [2.75, 3.05) is 5.73 Å². The van der Waals surface area contributed by atoms with Gasteiger partial charge in [0.2, 0.25) is 0 Å². The van der Waals surface area contributed by atoms with Crippen LogP contribution in [0.2, 0.25) is 5.02 Å². The van der Waals surface area contributed by atoms with Crippen molar-refractivity contribution in [1.82, 2.24) is 9.78 Å². The first-order valence-corrected chi connectivity index (χ1v) is 7.05. The van der Waals surface area contributed by atoms with E-state index in [-0.39, 0.29) is 0 Å². The summed E-state index contributed by atoms with van der Waals surface area (Å²) in [5.41, 5.74) is 8.85. The Morgan fingerprint density at radius 1 is 1.21 bits per heavy atom. The van der Waals surface area contributed by atoms with Gasteiger partial charge in [-0.05, 0) is 17.5 Å². The average molecular weight is 290 g/mol. The van der Waals surface area contributed by atoms with Crippen LogP contribution >= 0.6 is 22.9 Å². The zero-order valence-corrected chi connectivity index (χ0v) is 11.9. The first-order chi connectivity index (χ1) is 9.18. The molecule has 0 aliphatic carbocycles. The first-order valence-electron chi connectivity index (χ1n) is 5.79. The van der Waals surface area contributed by atoms with E-state index in [1.165, 1.54) is 0 Å². The summed E-state index contributed by atoms with van der Waals surface area (Å²) >= 11 is 7.92. The molecule has 0 aliphatic rings. The number of benzene rings is 1. The highest BCUT2D eigenvalue weighted by molar-refractivity contribution is 7.13. The molecule has 5 heteroatoms. The molecule has 0 amide bonds. The van der Waals surface area contributed by atoms with Crippen LogP contribution in [0.4, 0.5) is 5.82 Å². The van der Waals surface area contributed by atoms with E-state index in [0.717, 1.165) is 21.7 Å². The Labute approximate surface area is 120 Å². The summed E-state index contributed by atoms with van der Waals surface area (Å²) in [6, 6.07) is 11.7. The second kappa shape index (κ2) is 4.72. The summed E-state index contributed by atoms with van der Waals surface area (Å²) in [5.74, 6) is 0.622. The van der Waals surface area contributed by atoms with Crippen LogP contribution in [0.1, 0.15) is 0 Å². The third-order valence-electron chi connectivity index (χ3n) is 2.99. The zero-order chi connectivity index (χ0) is 13.4. The lowest BCUT2D eigenvalue weighted by Crippen LogP contribution is -1.98. The number of nitrogens with two attached hydrogens (primary N) is 1. The second-order valence-corrected chi connectivity index (χ2v) is 5.54. The molecule has 2 N–H and O–H groups in total. The topological polar surface area (TPSA) is 43.8 Å². The molecule has 19 heavy (non-hydrogen) atoms. The molecule has 0 saturated carbocycles. The summed E-state index contributed by atoms with van der Waals surface area (Å²) in [6.07, 6.45) is 0. The molecule has 3 aromatic rings. The molecule has 1 aromatic carbocycles. The van der Waals surface area contributed by atoms with E-state index >= 15 is 0 Å². The minimum Gasteiger partial charge on any atom is -0.383 e. The Balaban J connectivity index is 2.29. The number of aromatic nitrogens is 2. The lowest BCUT2D eigenvalue weighted by Gasteiger charge is -2.05. The molecule has 0 spiro atoms. The fourth-order valence-corrected chi connectivity index (χ4v) is 3.00. The van der Waals surface area contributed by atoms with Crippen molar-refractivity contribution in [2.45, 2.75) is 0 Å². The minimum atomic E-state index is 0.622. The maximum Gasteiger partial charge on any atom is 0.130 e. The summed E-state index contributed by atoms with van der Waals surface area (Å²) in [7, 11) is 1.84. The van der Waals surface area contributed by atoms with Crippen molar-refractivity contribution in [3.63, 3.8) is 0 Å². The largest absolute Gasteiger partial charge is 0.383 e. The maximum atomic E-state index is 6.28. The van der Waals surface area contributed by atoms with Gasteiger partial charge in [0.1, 0.15) is 11.5 Å². The Morgan fingerprint density at radius 3 is 2.68 bits per heavy atom. The normalized spacial score (nSPS) is 10.8. The van der Waals surface area contributed by atoms with Crippen LogP contribution in [0, 0.1) is 0 Å². The predicted octanol–water partition coefficient (Wildman–Crippen LogP) is 4.05. The minimum absolute atomic E-state index is 0.622. The Kier molecular flexibility index (Phi) is 3.05. The number of hydrogen-bond acceptors (Lipinski definition) is 3. The van der Waals surface area contributed by atoms with Gasteiger partial charge in [0.25, 0.3) is 0 Å². The number of nitrogen functional groups attached to an aromatic ring is 1. The van der Waals surface area contributed by atoms with Crippen LogP contribution in [-0.4, -0.2) is 9.78 Å². The molecule has 0 bridgehead atoms. The molecular formula is C14H12ClN3S. The van der Waals surface area contributed by atoms with E-state index in [9.17, 15) is 0 Å². The summed E-state index contributed by atoms with van der Waals surface area (Å²) in [6.45, 7) is 0. The molecule has 3 rings (SSSR count). The molecule has 3 nitrogen and oxygen atoms in total. The zero-order valence-electron chi connectivity index (χ0n) is 10.3. The van der Waals surface area contributed by atoms with Gasteiger partial charge in [0.15, 0.2) is 0 Å². The van der Waals surface area contributed by atoms with E-state index in [0.29, 0.717) is 10.8 Å². The highest BCUT2D eigenvalue weighted by atomic mass is 35.5. The number of hydrogen-bond donors (Lipinski definition) is 1. The van der Waals surface area contributed by atoms with Gasteiger partial charge >= 0.3 is 0 Å². The van der Waals surface area contributed by atoms with E-state index in [1.54, 1.807) is 16.0 Å². The van der Waals surface area contributed by atoms with Crippen LogP contribution in [0.15, 0.2) is 41.8 Å². The average Bonchev–Trinajstić information content (AvgIpc) is 3.01. The monoisotopic (exact) mass is 289 g/mol. The van der Waals surface area contributed by atoms with E-state index in [1.807, 2.05) is 48.8 Å². The molecule has 0 fully saturated rings. The third-order valence-corrected chi connectivity index (χ3v) is 4.20. The Bertz CT molecular complexity index is 716. The number of thiophene rings is 1. The van der Waals surface area contributed by atoms with Crippen molar-refractivity contribution in [2.24, 2.45) is 7.05 Å². The van der Waals surface area contributed by atoms with Gasteiger partial charge in [-0.1, -0.05) is 35.9 Å². The molecule has 0 aliphatic heterocycles. The third kappa shape index (κ3) is 2.03. The lowest BCUT2D eigenvalue weighted by molar-refractivity contribution is 0.783. The van der Waals surface area contributed by atoms with Crippen LogP contribution in [0.25, 0.3) is 21.7 Å². The molecular weight excluding hydrogens is 278 g/mol. The number of nitrogens with zero attached hydrogens (tertiary/aromatic N) is 2. The first kappa shape index (κ1) is 12.3. The van der Waals surface area contributed by atoms with Crippen molar-refractivity contribution in [3.8, 4) is 21.7 Å². The van der Waals surface area contributed by atoms with Gasteiger partial charge in [0.05, 0.1) is 10.4 Å². The van der Waals surface area contributed by atoms with E-state index < -0.39 is 0 Å². The number of rotatable bonds is 2. The molecule has 2 aromatic heterocycles. The standard InChI is InChI=1S/C14H12ClN3S/c1-18-14(16)12(9-5-2-3-6-10(9)15)13(17-18)11-7-4-8-19-11/h2-8H,16H2,1H3. The highest BCUT2D eigenvalue weighted by Crippen LogP contribution is 2.40. The second-order valence-electron chi connectivity index (χ2n) is 4.19. The van der Waals surface area contributed by atoms with Crippen LogP contribution in [0.5, 0.6) is 0 Å². The van der Waals surface area contributed by atoms with Gasteiger partial charge in [-0.15, -0.1) is 11.3 Å². The van der Waals surface area contributed by atoms with Gasteiger partial charge in [0, 0.05) is 17.6 Å². The lowest BCUT2D eigenvalue weighted by atomic mass is 10.0. The van der Waals surface area contributed by atoms with Crippen molar-refractivity contribution >= 4 is 28.8 Å². The van der Waals surface area contributed by atoms with Crippen LogP contribution in [-0.2, 0) is 7.05 Å². The Hall–Kier alpha value is -1.78. The van der Waals surface area contributed by atoms with Crippen LogP contribution < -0.4 is 5.73 Å². The van der Waals surface area contributed by atoms with Gasteiger partial charge in [-0.3, -0.25) is 4.68 Å². The van der Waals surface area contributed by atoms with E-state index in [4.69, 9.17) is 17.3 Å². The summed E-state index contributed by atoms with van der Waals surface area (Å²) in [4.78, 5) is 1.09. The van der Waals surface area contributed by atoms with Crippen molar-refractivity contribution in [1.29, 1.82) is 0 Å². The van der Waals surface area contributed by atoms with Crippen molar-refractivity contribution < 1.29 is 0 Å². The van der Waals surface area contributed by atoms with Gasteiger partial charge in [-0.25, -0.2) is 0 Å². The molecule has 0 atom stereocenters. The molecule has 0 saturated heterocycles. The fourth-order valence-electron chi connectivity index (χ4n) is 2.05. The maximum absolute atomic E-state index is 6.28. The quantitative estimate of drug-likeness (QED) is 0.773. The van der Waals surface area contributed by atoms with Crippen LogP contribution in [0.3, 0.4) is 0 Å². The molecule has 96 valence electrons. The molecule has 0 radical (unpaired) electrons. The number of halogens is 1. The fraction of sp³-hybridized carbons (Fsp3) is 0.0714. The number of aryl methyl sites for hydroxylation is 1. The smallest absolute Gasteiger partial charge is 0.130 e. The predicted molar refractivity (Wildman–Crippen MR) is 81.4 cm³/mol. The highest BCUT2D eigenvalue weighted by Gasteiger charge is 2.19. The molecule has 2 heterocycles. The molecule has 0 unspecified atom stereocenters. The summed E-state index contributed by atoms with van der Waals surface area (Å²) in [5, 5.41) is 7.22. The van der Waals surface area contributed by atoms with Gasteiger partial charge in [-0.2, -0.15) is 5.10 Å². The Morgan fingerprint density at radius 2 is 2.00 bits per heavy atom. The van der Waals surface area contributed by atoms with Crippen molar-refractivity contribution in [3.05, 3.63) is 46.8 Å². The summed E-state index contributed by atoms with van der Waals surface area (Å²) < 4.78 is 1.69. The number of anilines is 1. The SMILES string of the molecule is Cn1nc(-c2cccs2)c(-c2ccccc2Cl)c1N. The van der Waals surface area contributed by atoms with E-state index in [2.05, 4.69) is 5.10 Å².